The van der Waals surface area contributed by atoms with E-state index in [2.05, 4.69) is 32.7 Å². The second kappa shape index (κ2) is 6.39. The van der Waals surface area contributed by atoms with Gasteiger partial charge in [0.15, 0.2) is 0 Å². The van der Waals surface area contributed by atoms with Gasteiger partial charge in [0.25, 0.3) is 0 Å². The van der Waals surface area contributed by atoms with Crippen molar-refractivity contribution in [3.8, 4) is 0 Å². The average Bonchev–Trinajstić information content (AvgIpc) is 2.02. The Bertz CT molecular complexity index is 125. The maximum atomic E-state index is 9.24. The summed E-state index contributed by atoms with van der Waals surface area (Å²) in [4.78, 5) is 2.33. The Morgan fingerprint density at radius 2 is 1.77 bits per heavy atom. The first kappa shape index (κ1) is 12.9. The molecule has 0 spiro atoms. The molecule has 0 rings (SSSR count). The molecule has 0 aliphatic heterocycles. The molecule has 2 heteroatoms. The van der Waals surface area contributed by atoms with Crippen LogP contribution in [-0.4, -0.2) is 35.7 Å². The Kier molecular flexibility index (Phi) is 6.35. The van der Waals surface area contributed by atoms with E-state index in [1.54, 1.807) is 0 Å². The summed E-state index contributed by atoms with van der Waals surface area (Å²) in [6.45, 7) is 9.65. The SMILES string of the molecule is CCC(C)CN(C)C(C)CC(C)O. The average molecular weight is 187 g/mol. The number of rotatable bonds is 6. The third kappa shape index (κ3) is 6.05. The van der Waals surface area contributed by atoms with Crippen molar-refractivity contribution in [3.05, 3.63) is 0 Å². The van der Waals surface area contributed by atoms with Gasteiger partial charge in [-0.1, -0.05) is 20.3 Å². The van der Waals surface area contributed by atoms with Crippen LogP contribution in [-0.2, 0) is 0 Å². The summed E-state index contributed by atoms with van der Waals surface area (Å²) in [7, 11) is 2.14. The molecule has 0 aromatic heterocycles. The third-order valence-electron chi connectivity index (χ3n) is 2.73. The number of hydrogen-bond acceptors (Lipinski definition) is 2. The molecule has 2 nitrogen and oxygen atoms in total. The van der Waals surface area contributed by atoms with Crippen molar-refractivity contribution in [2.45, 2.75) is 52.7 Å². The molecule has 0 aromatic rings. The van der Waals surface area contributed by atoms with Gasteiger partial charge in [0.1, 0.15) is 0 Å². The van der Waals surface area contributed by atoms with Gasteiger partial charge in [-0.3, -0.25) is 0 Å². The van der Waals surface area contributed by atoms with Gasteiger partial charge in [0, 0.05) is 12.6 Å². The summed E-state index contributed by atoms with van der Waals surface area (Å²) < 4.78 is 0. The topological polar surface area (TPSA) is 23.5 Å². The lowest BCUT2D eigenvalue weighted by Crippen LogP contribution is -2.34. The highest BCUT2D eigenvalue weighted by atomic mass is 16.3. The van der Waals surface area contributed by atoms with Crippen LogP contribution < -0.4 is 0 Å². The van der Waals surface area contributed by atoms with Gasteiger partial charge in [-0.05, 0) is 33.2 Å². The first-order chi connectivity index (χ1) is 5.97. The quantitative estimate of drug-likeness (QED) is 0.688. The first-order valence-electron chi connectivity index (χ1n) is 5.35. The van der Waals surface area contributed by atoms with Crippen molar-refractivity contribution >= 4 is 0 Å². The lowest BCUT2D eigenvalue weighted by atomic mass is 10.1. The Morgan fingerprint density at radius 3 is 2.15 bits per heavy atom. The minimum absolute atomic E-state index is 0.186. The number of hydrogen-bond donors (Lipinski definition) is 1. The van der Waals surface area contributed by atoms with Crippen molar-refractivity contribution in [2.24, 2.45) is 5.92 Å². The van der Waals surface area contributed by atoms with E-state index >= 15 is 0 Å². The smallest absolute Gasteiger partial charge is 0.0526 e. The Balaban J connectivity index is 3.74. The lowest BCUT2D eigenvalue weighted by Gasteiger charge is -2.28. The Morgan fingerprint density at radius 1 is 1.23 bits per heavy atom. The molecular weight excluding hydrogens is 162 g/mol. The van der Waals surface area contributed by atoms with E-state index in [4.69, 9.17) is 0 Å². The largest absolute Gasteiger partial charge is 0.393 e. The van der Waals surface area contributed by atoms with Crippen molar-refractivity contribution < 1.29 is 5.11 Å². The van der Waals surface area contributed by atoms with Crippen LogP contribution in [0.3, 0.4) is 0 Å². The van der Waals surface area contributed by atoms with E-state index in [0.717, 1.165) is 18.9 Å². The Hall–Kier alpha value is -0.0800. The zero-order valence-corrected chi connectivity index (χ0v) is 9.75. The molecule has 0 fully saturated rings. The van der Waals surface area contributed by atoms with Crippen LogP contribution in [0.2, 0.25) is 0 Å². The highest BCUT2D eigenvalue weighted by Crippen LogP contribution is 2.09. The van der Waals surface area contributed by atoms with Crippen LogP contribution in [0, 0.1) is 5.92 Å². The van der Waals surface area contributed by atoms with E-state index < -0.39 is 0 Å². The van der Waals surface area contributed by atoms with Crippen LogP contribution in [0.15, 0.2) is 0 Å². The van der Waals surface area contributed by atoms with Crippen molar-refractivity contribution in [2.75, 3.05) is 13.6 Å². The van der Waals surface area contributed by atoms with E-state index in [-0.39, 0.29) is 6.10 Å². The fraction of sp³-hybridized carbons (Fsp3) is 1.00. The molecule has 13 heavy (non-hydrogen) atoms. The van der Waals surface area contributed by atoms with Gasteiger partial charge in [0.2, 0.25) is 0 Å². The molecule has 3 unspecified atom stereocenters. The predicted octanol–water partition coefficient (Wildman–Crippen LogP) is 2.12. The molecule has 0 heterocycles. The van der Waals surface area contributed by atoms with Gasteiger partial charge in [-0.15, -0.1) is 0 Å². The van der Waals surface area contributed by atoms with Gasteiger partial charge < -0.3 is 10.0 Å². The highest BCUT2D eigenvalue weighted by Gasteiger charge is 2.13. The molecular formula is C11H25NO. The van der Waals surface area contributed by atoms with E-state index in [0.29, 0.717) is 6.04 Å². The van der Waals surface area contributed by atoms with Gasteiger partial charge in [0.05, 0.1) is 6.10 Å². The molecule has 0 amide bonds. The van der Waals surface area contributed by atoms with Crippen molar-refractivity contribution in [1.82, 2.24) is 4.90 Å². The summed E-state index contributed by atoms with van der Waals surface area (Å²) in [5, 5.41) is 9.24. The Labute approximate surface area is 82.9 Å². The van der Waals surface area contributed by atoms with Crippen LogP contribution in [0.5, 0.6) is 0 Å². The van der Waals surface area contributed by atoms with Crippen molar-refractivity contribution in [1.29, 1.82) is 0 Å². The van der Waals surface area contributed by atoms with Crippen LogP contribution >= 0.6 is 0 Å². The molecule has 0 saturated heterocycles. The summed E-state index contributed by atoms with van der Waals surface area (Å²) in [6.07, 6.45) is 1.91. The van der Waals surface area contributed by atoms with Crippen LogP contribution in [0.4, 0.5) is 0 Å². The molecule has 0 saturated carbocycles. The number of nitrogens with zero attached hydrogens (tertiary/aromatic N) is 1. The van der Waals surface area contributed by atoms with Gasteiger partial charge >= 0.3 is 0 Å². The molecule has 0 bridgehead atoms. The maximum absolute atomic E-state index is 9.24. The minimum Gasteiger partial charge on any atom is -0.393 e. The minimum atomic E-state index is -0.186. The molecule has 80 valence electrons. The summed E-state index contributed by atoms with van der Waals surface area (Å²) >= 11 is 0. The summed E-state index contributed by atoms with van der Waals surface area (Å²) in [5.74, 6) is 0.751. The summed E-state index contributed by atoms with van der Waals surface area (Å²) in [5.41, 5.74) is 0. The van der Waals surface area contributed by atoms with E-state index in [1.165, 1.54) is 6.42 Å². The zero-order chi connectivity index (χ0) is 10.4. The molecule has 3 atom stereocenters. The summed E-state index contributed by atoms with van der Waals surface area (Å²) in [6, 6.07) is 0.481. The number of aliphatic hydroxyl groups is 1. The first-order valence-corrected chi connectivity index (χ1v) is 5.35. The lowest BCUT2D eigenvalue weighted by molar-refractivity contribution is 0.126. The standard InChI is InChI=1S/C11H25NO/c1-6-9(2)8-12(5)10(3)7-11(4)13/h9-11,13H,6-8H2,1-5H3. The number of aliphatic hydroxyl groups excluding tert-OH is 1. The van der Waals surface area contributed by atoms with Crippen molar-refractivity contribution in [3.63, 3.8) is 0 Å². The highest BCUT2D eigenvalue weighted by molar-refractivity contribution is 4.67. The normalized spacial score (nSPS) is 18.7. The predicted molar refractivity (Wildman–Crippen MR) is 57.8 cm³/mol. The van der Waals surface area contributed by atoms with E-state index in [1.807, 2.05) is 6.92 Å². The third-order valence-corrected chi connectivity index (χ3v) is 2.73. The molecule has 0 aromatic carbocycles. The zero-order valence-electron chi connectivity index (χ0n) is 9.75. The second-order valence-corrected chi connectivity index (χ2v) is 4.39. The van der Waals surface area contributed by atoms with E-state index in [9.17, 15) is 5.11 Å². The fourth-order valence-corrected chi connectivity index (χ4v) is 1.47. The second-order valence-electron chi connectivity index (χ2n) is 4.39. The van der Waals surface area contributed by atoms with Gasteiger partial charge in [-0.2, -0.15) is 0 Å². The van der Waals surface area contributed by atoms with Crippen LogP contribution in [0.1, 0.15) is 40.5 Å². The van der Waals surface area contributed by atoms with Crippen LogP contribution in [0.25, 0.3) is 0 Å². The fourth-order valence-electron chi connectivity index (χ4n) is 1.47. The molecule has 1 N–H and O–H groups in total. The molecule has 0 aliphatic rings. The maximum Gasteiger partial charge on any atom is 0.0526 e. The molecule has 0 radical (unpaired) electrons. The van der Waals surface area contributed by atoms with Gasteiger partial charge in [-0.25, -0.2) is 0 Å². The monoisotopic (exact) mass is 187 g/mol. The molecule has 0 aliphatic carbocycles.